The van der Waals surface area contributed by atoms with Crippen LogP contribution < -0.4 is 15.1 Å². The number of carbonyl (C=O) groups is 1. The number of carbonyl (C=O) groups excluding carboxylic acids is 1. The molecule has 1 aliphatic heterocycles. The Hall–Kier alpha value is -3.34. The number of hydrogen-bond acceptors (Lipinski definition) is 4. The average Bonchev–Trinajstić information content (AvgIpc) is 2.74. The second-order valence-electron chi connectivity index (χ2n) is 7.54. The predicted molar refractivity (Wildman–Crippen MR) is 119 cm³/mol. The summed E-state index contributed by atoms with van der Waals surface area (Å²) in [5, 5.41) is 2.90. The van der Waals surface area contributed by atoms with Crippen LogP contribution in [-0.4, -0.2) is 37.1 Å². The number of pyridine rings is 1. The summed E-state index contributed by atoms with van der Waals surface area (Å²) in [6, 6.07) is 20.2. The Bertz CT molecular complexity index is 992. The van der Waals surface area contributed by atoms with Gasteiger partial charge in [-0.25, -0.2) is 4.98 Å². The monoisotopic (exact) mass is 386 g/mol. The van der Waals surface area contributed by atoms with E-state index in [1.54, 1.807) is 12.3 Å². The first-order valence-electron chi connectivity index (χ1n) is 9.99. The number of aryl methyl sites for hydroxylation is 2. The van der Waals surface area contributed by atoms with Gasteiger partial charge in [0.1, 0.15) is 5.69 Å². The van der Waals surface area contributed by atoms with E-state index in [1.165, 1.54) is 11.3 Å². The van der Waals surface area contributed by atoms with Gasteiger partial charge in [-0.1, -0.05) is 24.3 Å². The highest BCUT2D eigenvalue weighted by Gasteiger charge is 2.18. The van der Waals surface area contributed by atoms with E-state index in [1.807, 2.05) is 37.3 Å². The second kappa shape index (κ2) is 8.35. The van der Waals surface area contributed by atoms with Crippen molar-refractivity contribution in [3.63, 3.8) is 0 Å². The molecule has 5 heteroatoms. The molecule has 0 saturated carbocycles. The van der Waals surface area contributed by atoms with Gasteiger partial charge in [0.15, 0.2) is 0 Å². The standard InChI is InChI=1S/C24H26N4O/c1-18-5-3-7-20(15-18)26-24(29)23-10-9-22(17-25-23)28-13-11-27(12-14-28)21-8-4-6-19(2)16-21/h3-10,15-17H,11-14H2,1-2H3,(H,26,29). The normalized spacial score (nSPS) is 14.0. The van der Waals surface area contributed by atoms with Crippen molar-refractivity contribution in [2.45, 2.75) is 13.8 Å². The summed E-state index contributed by atoms with van der Waals surface area (Å²) in [7, 11) is 0. The third-order valence-electron chi connectivity index (χ3n) is 5.27. The highest BCUT2D eigenvalue weighted by molar-refractivity contribution is 6.03. The number of rotatable bonds is 4. The van der Waals surface area contributed by atoms with Crippen molar-refractivity contribution in [1.82, 2.24) is 4.98 Å². The summed E-state index contributed by atoms with van der Waals surface area (Å²) in [4.78, 5) is 21.6. The Labute approximate surface area is 172 Å². The Morgan fingerprint density at radius 3 is 2.10 bits per heavy atom. The van der Waals surface area contributed by atoms with Gasteiger partial charge >= 0.3 is 0 Å². The summed E-state index contributed by atoms with van der Waals surface area (Å²) >= 11 is 0. The topological polar surface area (TPSA) is 48.5 Å². The third-order valence-corrected chi connectivity index (χ3v) is 5.27. The van der Waals surface area contributed by atoms with Crippen LogP contribution in [-0.2, 0) is 0 Å². The number of anilines is 3. The Kier molecular flexibility index (Phi) is 5.47. The lowest BCUT2D eigenvalue weighted by atomic mass is 10.2. The van der Waals surface area contributed by atoms with E-state index in [2.05, 4.69) is 51.3 Å². The van der Waals surface area contributed by atoms with E-state index in [0.29, 0.717) is 5.69 Å². The van der Waals surface area contributed by atoms with Crippen LogP contribution in [0, 0.1) is 13.8 Å². The zero-order chi connectivity index (χ0) is 20.2. The van der Waals surface area contributed by atoms with E-state index in [4.69, 9.17) is 0 Å². The number of amides is 1. The molecule has 148 valence electrons. The fourth-order valence-corrected chi connectivity index (χ4v) is 3.67. The number of nitrogens with one attached hydrogen (secondary N) is 1. The molecule has 3 aromatic rings. The number of aromatic nitrogens is 1. The first-order chi connectivity index (χ1) is 14.1. The molecule has 0 bridgehead atoms. The smallest absolute Gasteiger partial charge is 0.274 e. The van der Waals surface area contributed by atoms with Crippen LogP contribution in [0.3, 0.4) is 0 Å². The van der Waals surface area contributed by atoms with Crippen LogP contribution in [0.15, 0.2) is 66.9 Å². The molecule has 1 aromatic heterocycles. The first kappa shape index (κ1) is 19.0. The van der Waals surface area contributed by atoms with Crippen LogP contribution in [0.25, 0.3) is 0 Å². The summed E-state index contributed by atoms with van der Waals surface area (Å²) in [5.74, 6) is -0.189. The second-order valence-corrected chi connectivity index (χ2v) is 7.54. The van der Waals surface area contributed by atoms with Crippen molar-refractivity contribution in [3.05, 3.63) is 83.7 Å². The zero-order valence-electron chi connectivity index (χ0n) is 16.9. The lowest BCUT2D eigenvalue weighted by molar-refractivity contribution is 0.102. The Morgan fingerprint density at radius 2 is 1.48 bits per heavy atom. The molecule has 1 fully saturated rings. The highest BCUT2D eigenvalue weighted by atomic mass is 16.1. The van der Waals surface area contributed by atoms with E-state index >= 15 is 0 Å². The molecule has 0 unspecified atom stereocenters. The van der Waals surface area contributed by atoms with Crippen molar-refractivity contribution in [2.24, 2.45) is 0 Å². The van der Waals surface area contributed by atoms with Gasteiger partial charge in [-0.15, -0.1) is 0 Å². The maximum absolute atomic E-state index is 12.4. The molecule has 1 amide bonds. The minimum absolute atomic E-state index is 0.189. The van der Waals surface area contributed by atoms with Gasteiger partial charge in [0.25, 0.3) is 5.91 Å². The average molecular weight is 386 g/mol. The molecule has 1 saturated heterocycles. The molecule has 29 heavy (non-hydrogen) atoms. The SMILES string of the molecule is Cc1cccc(NC(=O)c2ccc(N3CCN(c4cccc(C)c4)CC3)cn2)c1. The predicted octanol–water partition coefficient (Wildman–Crippen LogP) is 4.28. The molecule has 0 radical (unpaired) electrons. The number of hydrogen-bond donors (Lipinski definition) is 1. The first-order valence-corrected chi connectivity index (χ1v) is 9.99. The zero-order valence-corrected chi connectivity index (χ0v) is 16.9. The van der Waals surface area contributed by atoms with Crippen LogP contribution in [0.5, 0.6) is 0 Å². The summed E-state index contributed by atoms with van der Waals surface area (Å²) < 4.78 is 0. The molecule has 1 N–H and O–H groups in total. The number of piperazine rings is 1. The Morgan fingerprint density at radius 1 is 0.828 bits per heavy atom. The van der Waals surface area contributed by atoms with Gasteiger partial charge in [-0.05, 0) is 61.4 Å². The molecule has 5 nitrogen and oxygen atoms in total. The van der Waals surface area contributed by atoms with Gasteiger partial charge < -0.3 is 15.1 Å². The van der Waals surface area contributed by atoms with Crippen molar-refractivity contribution in [2.75, 3.05) is 41.3 Å². The van der Waals surface area contributed by atoms with E-state index in [-0.39, 0.29) is 5.91 Å². The van der Waals surface area contributed by atoms with Crippen molar-refractivity contribution < 1.29 is 4.79 Å². The largest absolute Gasteiger partial charge is 0.368 e. The molecule has 2 heterocycles. The summed E-state index contributed by atoms with van der Waals surface area (Å²) in [6.07, 6.45) is 1.80. The highest BCUT2D eigenvalue weighted by Crippen LogP contribution is 2.21. The van der Waals surface area contributed by atoms with Crippen molar-refractivity contribution in [3.8, 4) is 0 Å². The van der Waals surface area contributed by atoms with E-state index < -0.39 is 0 Å². The van der Waals surface area contributed by atoms with Gasteiger partial charge in [0.2, 0.25) is 0 Å². The fraction of sp³-hybridized carbons (Fsp3) is 0.250. The molecule has 1 aliphatic rings. The summed E-state index contributed by atoms with van der Waals surface area (Å²) in [6.45, 7) is 7.94. The Balaban J connectivity index is 1.36. The lowest BCUT2D eigenvalue weighted by Gasteiger charge is -2.37. The molecule has 4 rings (SSSR count). The molecular weight excluding hydrogens is 360 g/mol. The maximum atomic E-state index is 12.4. The molecular formula is C24H26N4O. The van der Waals surface area contributed by atoms with E-state index in [0.717, 1.165) is 43.1 Å². The minimum Gasteiger partial charge on any atom is -0.368 e. The van der Waals surface area contributed by atoms with Gasteiger partial charge in [0.05, 0.1) is 11.9 Å². The van der Waals surface area contributed by atoms with E-state index in [9.17, 15) is 4.79 Å². The van der Waals surface area contributed by atoms with Crippen LogP contribution in [0.1, 0.15) is 21.6 Å². The minimum atomic E-state index is -0.189. The lowest BCUT2D eigenvalue weighted by Crippen LogP contribution is -2.46. The van der Waals surface area contributed by atoms with Crippen LogP contribution in [0.2, 0.25) is 0 Å². The quantitative estimate of drug-likeness (QED) is 0.727. The van der Waals surface area contributed by atoms with Crippen molar-refractivity contribution >= 4 is 23.0 Å². The molecule has 2 aromatic carbocycles. The molecule has 0 aliphatic carbocycles. The van der Waals surface area contributed by atoms with Crippen LogP contribution >= 0.6 is 0 Å². The van der Waals surface area contributed by atoms with Crippen molar-refractivity contribution in [1.29, 1.82) is 0 Å². The van der Waals surface area contributed by atoms with Gasteiger partial charge in [-0.2, -0.15) is 0 Å². The summed E-state index contributed by atoms with van der Waals surface area (Å²) in [5.41, 5.74) is 5.94. The molecule has 0 spiro atoms. The molecule has 0 atom stereocenters. The number of benzene rings is 2. The van der Waals surface area contributed by atoms with Gasteiger partial charge in [-0.3, -0.25) is 4.79 Å². The third kappa shape index (κ3) is 4.57. The van der Waals surface area contributed by atoms with Crippen LogP contribution in [0.4, 0.5) is 17.1 Å². The van der Waals surface area contributed by atoms with Gasteiger partial charge in [0, 0.05) is 37.6 Å². The maximum Gasteiger partial charge on any atom is 0.274 e. The number of nitrogens with zero attached hydrogens (tertiary/aromatic N) is 3. The fourth-order valence-electron chi connectivity index (χ4n) is 3.67.